The minimum atomic E-state index is -0.477. The van der Waals surface area contributed by atoms with E-state index in [0.29, 0.717) is 19.9 Å². The van der Waals surface area contributed by atoms with Crippen molar-refractivity contribution < 1.29 is 14.6 Å². The van der Waals surface area contributed by atoms with E-state index in [4.69, 9.17) is 9.47 Å². The Morgan fingerprint density at radius 3 is 2.94 bits per heavy atom. The number of nitrogens with one attached hydrogen (secondary N) is 1. The standard InChI is InChI=1S/C13H17NO3/c15-13(5-2-6-13)8-14-7-10-3-1-4-11-12(10)17-9-16-11/h1,3-4,14-15H,2,5-9H2. The molecule has 92 valence electrons. The van der Waals surface area contributed by atoms with Crippen molar-refractivity contribution in [3.8, 4) is 11.5 Å². The van der Waals surface area contributed by atoms with Gasteiger partial charge >= 0.3 is 0 Å². The molecule has 0 spiro atoms. The molecular weight excluding hydrogens is 218 g/mol. The topological polar surface area (TPSA) is 50.7 Å². The van der Waals surface area contributed by atoms with Gasteiger partial charge in [-0.1, -0.05) is 12.1 Å². The van der Waals surface area contributed by atoms with Gasteiger partial charge in [-0.25, -0.2) is 0 Å². The van der Waals surface area contributed by atoms with Crippen molar-refractivity contribution in [2.45, 2.75) is 31.4 Å². The van der Waals surface area contributed by atoms with E-state index in [0.717, 1.165) is 36.3 Å². The molecule has 0 amide bonds. The Morgan fingerprint density at radius 1 is 1.29 bits per heavy atom. The van der Waals surface area contributed by atoms with E-state index < -0.39 is 5.60 Å². The maximum atomic E-state index is 9.96. The van der Waals surface area contributed by atoms with Crippen molar-refractivity contribution >= 4 is 0 Å². The maximum absolute atomic E-state index is 9.96. The van der Waals surface area contributed by atoms with Crippen LogP contribution < -0.4 is 14.8 Å². The van der Waals surface area contributed by atoms with Gasteiger partial charge in [0, 0.05) is 18.7 Å². The SMILES string of the molecule is OC1(CNCc2cccc3c2OCO3)CCC1. The summed E-state index contributed by atoms with van der Waals surface area (Å²) in [7, 11) is 0. The van der Waals surface area contributed by atoms with E-state index >= 15 is 0 Å². The minimum absolute atomic E-state index is 0.302. The van der Waals surface area contributed by atoms with E-state index in [1.165, 1.54) is 0 Å². The highest BCUT2D eigenvalue weighted by Gasteiger charge is 2.33. The van der Waals surface area contributed by atoms with Gasteiger partial charge in [0.2, 0.25) is 6.79 Å². The lowest BCUT2D eigenvalue weighted by Crippen LogP contribution is -2.45. The van der Waals surface area contributed by atoms with Crippen LogP contribution in [0, 0.1) is 0 Å². The fourth-order valence-electron chi connectivity index (χ4n) is 2.32. The molecule has 1 heterocycles. The second kappa shape index (κ2) is 4.20. The molecule has 1 aliphatic heterocycles. The predicted octanol–water partition coefficient (Wildman–Crippen LogP) is 1.42. The third-order valence-corrected chi connectivity index (χ3v) is 3.53. The molecule has 1 aromatic carbocycles. The van der Waals surface area contributed by atoms with Gasteiger partial charge in [0.15, 0.2) is 11.5 Å². The van der Waals surface area contributed by atoms with Crippen LogP contribution in [0.1, 0.15) is 24.8 Å². The first-order chi connectivity index (χ1) is 8.27. The third-order valence-electron chi connectivity index (χ3n) is 3.53. The van der Waals surface area contributed by atoms with Crippen LogP contribution in [0.5, 0.6) is 11.5 Å². The summed E-state index contributed by atoms with van der Waals surface area (Å²) in [5.74, 6) is 1.65. The predicted molar refractivity (Wildman–Crippen MR) is 63.1 cm³/mol. The van der Waals surface area contributed by atoms with Crippen LogP contribution in [0.25, 0.3) is 0 Å². The van der Waals surface area contributed by atoms with Gasteiger partial charge in [-0.2, -0.15) is 0 Å². The fraction of sp³-hybridized carbons (Fsp3) is 0.538. The maximum Gasteiger partial charge on any atom is 0.231 e. The van der Waals surface area contributed by atoms with Crippen molar-refractivity contribution in [3.63, 3.8) is 0 Å². The summed E-state index contributed by atoms with van der Waals surface area (Å²) in [6.45, 7) is 1.66. The van der Waals surface area contributed by atoms with Gasteiger partial charge in [0.05, 0.1) is 5.60 Å². The number of ether oxygens (including phenoxy) is 2. The summed E-state index contributed by atoms with van der Waals surface area (Å²) in [6, 6.07) is 5.89. The van der Waals surface area contributed by atoms with Crippen LogP contribution in [0.3, 0.4) is 0 Å². The zero-order chi connectivity index (χ0) is 11.7. The number of hydrogen-bond acceptors (Lipinski definition) is 4. The Kier molecular flexibility index (Phi) is 2.68. The highest BCUT2D eigenvalue weighted by atomic mass is 16.7. The zero-order valence-electron chi connectivity index (χ0n) is 9.74. The van der Waals surface area contributed by atoms with Gasteiger partial charge in [0.1, 0.15) is 0 Å². The van der Waals surface area contributed by atoms with Crippen molar-refractivity contribution in [1.82, 2.24) is 5.32 Å². The molecule has 0 saturated heterocycles. The Bertz CT molecular complexity index is 415. The Balaban J connectivity index is 1.60. The molecule has 4 nitrogen and oxygen atoms in total. The average Bonchev–Trinajstić information content (AvgIpc) is 2.75. The summed E-state index contributed by atoms with van der Waals surface area (Å²) in [6.07, 6.45) is 2.95. The quantitative estimate of drug-likeness (QED) is 0.828. The number of para-hydroxylation sites is 1. The van der Waals surface area contributed by atoms with Gasteiger partial charge < -0.3 is 19.9 Å². The lowest BCUT2D eigenvalue weighted by Gasteiger charge is -2.36. The number of fused-ring (bicyclic) bond motifs is 1. The van der Waals surface area contributed by atoms with Crippen LogP contribution in [-0.2, 0) is 6.54 Å². The fourth-order valence-corrected chi connectivity index (χ4v) is 2.32. The summed E-state index contributed by atoms with van der Waals surface area (Å²) >= 11 is 0. The first-order valence-electron chi connectivity index (χ1n) is 6.07. The Labute approximate surface area is 101 Å². The Hall–Kier alpha value is -1.26. The second-order valence-electron chi connectivity index (χ2n) is 4.83. The van der Waals surface area contributed by atoms with Crippen LogP contribution in [0.15, 0.2) is 18.2 Å². The van der Waals surface area contributed by atoms with Gasteiger partial charge in [-0.15, -0.1) is 0 Å². The van der Waals surface area contributed by atoms with Gasteiger partial charge in [-0.05, 0) is 25.3 Å². The molecule has 1 saturated carbocycles. The highest BCUT2D eigenvalue weighted by molar-refractivity contribution is 5.48. The van der Waals surface area contributed by atoms with E-state index in [1.807, 2.05) is 18.2 Å². The van der Waals surface area contributed by atoms with Crippen molar-refractivity contribution in [2.75, 3.05) is 13.3 Å². The first kappa shape index (κ1) is 10.9. The third kappa shape index (κ3) is 2.10. The van der Waals surface area contributed by atoms with Crippen molar-refractivity contribution in [3.05, 3.63) is 23.8 Å². The molecule has 2 aliphatic rings. The summed E-state index contributed by atoms with van der Waals surface area (Å²) in [4.78, 5) is 0. The molecule has 3 rings (SSSR count). The molecule has 0 atom stereocenters. The molecule has 1 aliphatic carbocycles. The number of hydrogen-bond donors (Lipinski definition) is 2. The minimum Gasteiger partial charge on any atom is -0.454 e. The summed E-state index contributed by atoms with van der Waals surface area (Å²) < 4.78 is 10.7. The number of rotatable bonds is 4. The molecular formula is C13H17NO3. The van der Waals surface area contributed by atoms with Crippen LogP contribution in [0.2, 0.25) is 0 Å². The van der Waals surface area contributed by atoms with Crippen molar-refractivity contribution in [2.24, 2.45) is 0 Å². The van der Waals surface area contributed by atoms with E-state index in [-0.39, 0.29) is 0 Å². The first-order valence-corrected chi connectivity index (χ1v) is 6.07. The zero-order valence-corrected chi connectivity index (χ0v) is 9.74. The molecule has 0 radical (unpaired) electrons. The molecule has 0 unspecified atom stereocenters. The molecule has 1 aromatic rings. The molecule has 0 aromatic heterocycles. The van der Waals surface area contributed by atoms with E-state index in [9.17, 15) is 5.11 Å². The lowest BCUT2D eigenvalue weighted by molar-refractivity contribution is -0.0315. The number of aliphatic hydroxyl groups is 1. The van der Waals surface area contributed by atoms with Crippen LogP contribution >= 0.6 is 0 Å². The summed E-state index contributed by atoms with van der Waals surface area (Å²) in [5.41, 5.74) is 0.609. The summed E-state index contributed by atoms with van der Waals surface area (Å²) in [5, 5.41) is 13.3. The molecule has 0 bridgehead atoms. The average molecular weight is 235 g/mol. The molecule has 2 N–H and O–H groups in total. The number of benzene rings is 1. The molecule has 17 heavy (non-hydrogen) atoms. The molecule has 4 heteroatoms. The smallest absolute Gasteiger partial charge is 0.231 e. The normalized spacial score (nSPS) is 20.1. The Morgan fingerprint density at radius 2 is 2.18 bits per heavy atom. The van der Waals surface area contributed by atoms with Gasteiger partial charge in [0.25, 0.3) is 0 Å². The van der Waals surface area contributed by atoms with Crippen LogP contribution in [-0.4, -0.2) is 24.0 Å². The second-order valence-corrected chi connectivity index (χ2v) is 4.83. The highest BCUT2D eigenvalue weighted by Crippen LogP contribution is 2.35. The van der Waals surface area contributed by atoms with Gasteiger partial charge in [-0.3, -0.25) is 0 Å². The van der Waals surface area contributed by atoms with Crippen LogP contribution in [0.4, 0.5) is 0 Å². The molecule has 1 fully saturated rings. The lowest BCUT2D eigenvalue weighted by atomic mass is 9.80. The van der Waals surface area contributed by atoms with Crippen molar-refractivity contribution in [1.29, 1.82) is 0 Å². The van der Waals surface area contributed by atoms with E-state index in [1.54, 1.807) is 0 Å². The monoisotopic (exact) mass is 235 g/mol. The van der Waals surface area contributed by atoms with E-state index in [2.05, 4.69) is 5.32 Å². The largest absolute Gasteiger partial charge is 0.454 e.